The van der Waals surface area contributed by atoms with Crippen LogP contribution in [0.2, 0.25) is 0 Å². The predicted octanol–water partition coefficient (Wildman–Crippen LogP) is 1.86. The van der Waals surface area contributed by atoms with Crippen molar-refractivity contribution in [2.24, 2.45) is 5.41 Å². The van der Waals surface area contributed by atoms with E-state index in [4.69, 9.17) is 4.74 Å². The number of carbonyl (C=O) groups is 2. The van der Waals surface area contributed by atoms with Crippen LogP contribution in [0, 0.1) is 19.3 Å². The van der Waals surface area contributed by atoms with E-state index in [1.165, 1.54) is 11.3 Å². The first-order valence-electron chi connectivity index (χ1n) is 8.40. The molecule has 0 aliphatic carbocycles. The molecule has 132 valence electrons. The molecule has 0 saturated carbocycles. The Labute approximate surface area is 146 Å². The van der Waals surface area contributed by atoms with Crippen molar-refractivity contribution < 1.29 is 14.3 Å². The van der Waals surface area contributed by atoms with E-state index < -0.39 is 5.41 Å². The summed E-state index contributed by atoms with van der Waals surface area (Å²) in [5, 5.41) is 0.912. The molecular weight excluding hydrogens is 326 g/mol. The van der Waals surface area contributed by atoms with Gasteiger partial charge in [-0.25, -0.2) is 4.98 Å². The monoisotopic (exact) mass is 351 g/mol. The molecule has 1 aromatic rings. The summed E-state index contributed by atoms with van der Waals surface area (Å²) in [7, 11) is 3.97. The molecule has 1 atom stereocenters. The Morgan fingerprint density at radius 2 is 2.04 bits per heavy atom. The molecule has 24 heavy (non-hydrogen) atoms. The van der Waals surface area contributed by atoms with E-state index in [-0.39, 0.29) is 18.0 Å². The minimum Gasteiger partial charge on any atom is -0.461 e. The summed E-state index contributed by atoms with van der Waals surface area (Å²) in [6.45, 7) is 5.77. The number of aryl methyl sites for hydroxylation is 2. The molecule has 1 aromatic heterocycles. The molecule has 1 spiro atoms. The first-order valence-corrected chi connectivity index (χ1v) is 9.21. The van der Waals surface area contributed by atoms with Gasteiger partial charge < -0.3 is 14.5 Å². The van der Waals surface area contributed by atoms with Crippen LogP contribution in [0.3, 0.4) is 0 Å². The fourth-order valence-corrected chi connectivity index (χ4v) is 4.65. The van der Waals surface area contributed by atoms with Crippen LogP contribution in [0.5, 0.6) is 0 Å². The molecule has 7 heteroatoms. The minimum absolute atomic E-state index is 0.0267. The third-order valence-corrected chi connectivity index (χ3v) is 6.06. The van der Waals surface area contributed by atoms with Crippen molar-refractivity contribution in [1.82, 2.24) is 14.8 Å². The Kier molecular flexibility index (Phi) is 4.66. The molecule has 6 nitrogen and oxygen atoms in total. The topological polar surface area (TPSA) is 62.7 Å². The van der Waals surface area contributed by atoms with Gasteiger partial charge in [0.2, 0.25) is 0 Å². The number of likely N-dealkylation sites (tertiary alicyclic amines) is 1. The Hall–Kier alpha value is -1.47. The van der Waals surface area contributed by atoms with Gasteiger partial charge in [0.25, 0.3) is 5.91 Å². The largest absolute Gasteiger partial charge is 0.461 e. The fraction of sp³-hybridized carbons (Fsp3) is 0.706. The number of aromatic nitrogens is 1. The lowest BCUT2D eigenvalue weighted by molar-refractivity contribution is -0.150. The predicted molar refractivity (Wildman–Crippen MR) is 92.2 cm³/mol. The van der Waals surface area contributed by atoms with Crippen LogP contribution >= 0.6 is 11.3 Å². The van der Waals surface area contributed by atoms with Crippen molar-refractivity contribution in [3.05, 3.63) is 15.6 Å². The molecule has 0 bridgehead atoms. The lowest BCUT2D eigenvalue weighted by atomic mass is 9.76. The molecule has 0 radical (unpaired) electrons. The summed E-state index contributed by atoms with van der Waals surface area (Å²) in [6.07, 6.45) is 2.13. The van der Waals surface area contributed by atoms with E-state index in [1.807, 2.05) is 37.7 Å². The zero-order chi connectivity index (χ0) is 17.5. The summed E-state index contributed by atoms with van der Waals surface area (Å²) >= 11 is 1.45. The molecule has 3 heterocycles. The number of ether oxygens (including phenoxy) is 1. The number of likely N-dealkylation sites (N-methyl/N-ethyl adjacent to an activating group) is 1. The quantitative estimate of drug-likeness (QED) is 0.778. The van der Waals surface area contributed by atoms with Crippen LogP contribution in [0.15, 0.2) is 0 Å². The smallest absolute Gasteiger partial charge is 0.312 e. The maximum atomic E-state index is 12.7. The molecule has 0 aromatic carbocycles. The fourth-order valence-electron chi connectivity index (χ4n) is 3.77. The molecule has 1 unspecified atom stereocenters. The van der Waals surface area contributed by atoms with Crippen molar-refractivity contribution in [3.8, 4) is 0 Å². The van der Waals surface area contributed by atoms with E-state index >= 15 is 0 Å². The molecule has 2 fully saturated rings. The van der Waals surface area contributed by atoms with Gasteiger partial charge in [0.05, 0.1) is 16.1 Å². The van der Waals surface area contributed by atoms with Crippen LogP contribution in [-0.2, 0) is 9.53 Å². The van der Waals surface area contributed by atoms with Gasteiger partial charge in [-0.1, -0.05) is 0 Å². The van der Waals surface area contributed by atoms with Gasteiger partial charge in [-0.3, -0.25) is 9.59 Å². The van der Waals surface area contributed by atoms with Gasteiger partial charge in [-0.15, -0.1) is 11.3 Å². The highest BCUT2D eigenvalue weighted by molar-refractivity contribution is 7.13. The molecular formula is C17H25N3O3S. The van der Waals surface area contributed by atoms with Crippen LogP contribution in [0.25, 0.3) is 0 Å². The van der Waals surface area contributed by atoms with Crippen LogP contribution in [-0.4, -0.2) is 66.5 Å². The maximum absolute atomic E-state index is 12.7. The highest BCUT2D eigenvalue weighted by Crippen LogP contribution is 2.43. The van der Waals surface area contributed by atoms with Crippen molar-refractivity contribution in [1.29, 1.82) is 0 Å². The molecule has 2 aliphatic rings. The Balaban J connectivity index is 1.64. The average molecular weight is 351 g/mol. The summed E-state index contributed by atoms with van der Waals surface area (Å²) in [4.78, 5) is 34.1. The second-order valence-electron chi connectivity index (χ2n) is 7.21. The van der Waals surface area contributed by atoms with E-state index in [2.05, 4.69) is 4.98 Å². The number of carbonyl (C=O) groups excluding carboxylic acids is 2. The van der Waals surface area contributed by atoms with Gasteiger partial charge in [-0.05, 0) is 40.8 Å². The summed E-state index contributed by atoms with van der Waals surface area (Å²) < 4.78 is 5.58. The van der Waals surface area contributed by atoms with Crippen LogP contribution in [0.1, 0.15) is 39.6 Å². The number of nitrogens with zero attached hydrogens (tertiary/aromatic N) is 3. The lowest BCUT2D eigenvalue weighted by Gasteiger charge is -2.36. The van der Waals surface area contributed by atoms with Gasteiger partial charge in [-0.2, -0.15) is 0 Å². The highest BCUT2D eigenvalue weighted by Gasteiger charge is 2.50. The molecule has 0 N–H and O–H groups in total. The van der Waals surface area contributed by atoms with E-state index in [9.17, 15) is 9.59 Å². The zero-order valence-electron chi connectivity index (χ0n) is 14.8. The Bertz CT molecular complexity index is 648. The Morgan fingerprint density at radius 3 is 2.58 bits per heavy atom. The van der Waals surface area contributed by atoms with Gasteiger partial charge in [0.15, 0.2) is 0 Å². The first-order chi connectivity index (χ1) is 11.3. The molecule has 2 saturated heterocycles. The maximum Gasteiger partial charge on any atom is 0.312 e. The van der Waals surface area contributed by atoms with Gasteiger partial charge >= 0.3 is 5.97 Å². The molecule has 2 aliphatic heterocycles. The molecule has 1 amide bonds. The van der Waals surface area contributed by atoms with Crippen molar-refractivity contribution in [3.63, 3.8) is 0 Å². The zero-order valence-corrected chi connectivity index (χ0v) is 15.6. The second-order valence-corrected chi connectivity index (χ2v) is 8.42. The van der Waals surface area contributed by atoms with E-state index in [1.54, 1.807) is 0 Å². The van der Waals surface area contributed by atoms with Gasteiger partial charge in [0.1, 0.15) is 11.0 Å². The average Bonchev–Trinajstić information content (AvgIpc) is 2.98. The van der Waals surface area contributed by atoms with E-state index in [0.29, 0.717) is 25.9 Å². The summed E-state index contributed by atoms with van der Waals surface area (Å²) in [6, 6.07) is 0. The highest BCUT2D eigenvalue weighted by atomic mass is 32.1. The number of hydrogen-bond acceptors (Lipinski definition) is 6. The number of rotatable bonds is 3. The summed E-state index contributed by atoms with van der Waals surface area (Å²) in [5.41, 5.74) is 0.407. The third kappa shape index (κ3) is 3.19. The standard InChI is InChI=1S/C17H25N3O3S/c1-11-14(24-12(2)18-11)15(21)20-7-5-17(6-8-20)9-13(10-19(3)4)23-16(17)22/h13H,5-10H2,1-4H3. The van der Waals surface area contributed by atoms with Gasteiger partial charge in [0, 0.05) is 26.1 Å². The summed E-state index contributed by atoms with van der Waals surface area (Å²) in [5.74, 6) is -0.0320. The van der Waals surface area contributed by atoms with Crippen molar-refractivity contribution in [2.45, 2.75) is 39.2 Å². The van der Waals surface area contributed by atoms with Crippen LogP contribution in [0.4, 0.5) is 0 Å². The molecule has 3 rings (SSSR count). The third-order valence-electron chi connectivity index (χ3n) is 5.00. The number of thiazole rings is 1. The normalized spacial score (nSPS) is 23.1. The second kappa shape index (κ2) is 6.44. The number of piperidine rings is 1. The number of esters is 1. The number of cyclic esters (lactones) is 1. The van der Waals surface area contributed by atoms with Crippen molar-refractivity contribution in [2.75, 3.05) is 33.7 Å². The first kappa shape index (κ1) is 17.4. The van der Waals surface area contributed by atoms with E-state index in [0.717, 1.165) is 28.5 Å². The SMILES string of the molecule is Cc1nc(C)c(C(=O)N2CCC3(CC2)CC(CN(C)C)OC3=O)s1. The Morgan fingerprint density at radius 1 is 1.38 bits per heavy atom. The lowest BCUT2D eigenvalue weighted by Crippen LogP contribution is -2.45. The van der Waals surface area contributed by atoms with Crippen molar-refractivity contribution >= 4 is 23.2 Å². The minimum atomic E-state index is -0.393. The van der Waals surface area contributed by atoms with Crippen LogP contribution < -0.4 is 0 Å². The number of amides is 1. The number of hydrogen-bond donors (Lipinski definition) is 0.